The van der Waals surface area contributed by atoms with E-state index >= 15 is 0 Å². The van der Waals surface area contributed by atoms with Crippen LogP contribution in [0, 0.1) is 0 Å². The third-order valence-corrected chi connectivity index (χ3v) is 2.67. The van der Waals surface area contributed by atoms with E-state index in [9.17, 15) is 0 Å². The Morgan fingerprint density at radius 2 is 1.42 bits per heavy atom. The van der Waals surface area contributed by atoms with Gasteiger partial charge in [-0.15, -0.1) is 0 Å². The van der Waals surface area contributed by atoms with Crippen LogP contribution in [0.3, 0.4) is 0 Å². The summed E-state index contributed by atoms with van der Waals surface area (Å²) in [6, 6.07) is 19.2. The Balaban J connectivity index is 0.000000399. The van der Waals surface area contributed by atoms with E-state index in [1.54, 1.807) is 0 Å². The van der Waals surface area contributed by atoms with Gasteiger partial charge in [-0.2, -0.15) is 0 Å². The first-order valence-electron chi connectivity index (χ1n) is 6.36. The Bertz CT molecular complexity index is 512. The minimum atomic E-state index is -0.833. The molecule has 0 saturated carbocycles. The predicted octanol–water partition coefficient (Wildman–Crippen LogP) is 4.57. The molecular formula is C17H20O2. The number of aliphatic carboxylic acids is 1. The standard InChI is InChI=1S/C15H16.C2H4O2/c1-12(2)14-10-6-7-11-15(14)13-8-4-3-5-9-13;1-2(3)4/h3-12H,1-2H3;1H3,(H,3,4). The van der Waals surface area contributed by atoms with E-state index in [1.165, 1.54) is 16.7 Å². The van der Waals surface area contributed by atoms with Gasteiger partial charge >= 0.3 is 0 Å². The molecule has 2 heteroatoms. The highest BCUT2D eigenvalue weighted by atomic mass is 16.4. The second-order valence-electron chi connectivity index (χ2n) is 4.63. The molecule has 0 aliphatic carbocycles. The van der Waals surface area contributed by atoms with Gasteiger partial charge in [0, 0.05) is 6.92 Å². The molecule has 0 aliphatic rings. The first kappa shape index (κ1) is 15.0. The Morgan fingerprint density at radius 1 is 0.947 bits per heavy atom. The summed E-state index contributed by atoms with van der Waals surface area (Å²) in [6.45, 7) is 5.56. The normalized spacial score (nSPS) is 9.68. The van der Waals surface area contributed by atoms with Crippen LogP contribution in [0.15, 0.2) is 54.6 Å². The van der Waals surface area contributed by atoms with E-state index in [2.05, 4.69) is 68.4 Å². The van der Waals surface area contributed by atoms with Crippen LogP contribution in [-0.2, 0) is 4.79 Å². The lowest BCUT2D eigenvalue weighted by molar-refractivity contribution is -0.134. The summed E-state index contributed by atoms with van der Waals surface area (Å²) in [5.74, 6) is -0.263. The molecule has 2 aromatic carbocycles. The molecule has 0 saturated heterocycles. The van der Waals surface area contributed by atoms with Crippen LogP contribution >= 0.6 is 0 Å². The zero-order valence-corrected chi connectivity index (χ0v) is 11.6. The summed E-state index contributed by atoms with van der Waals surface area (Å²) in [5.41, 5.74) is 4.08. The smallest absolute Gasteiger partial charge is 0.300 e. The quantitative estimate of drug-likeness (QED) is 0.854. The van der Waals surface area contributed by atoms with Crippen molar-refractivity contribution >= 4 is 5.97 Å². The maximum absolute atomic E-state index is 9.00. The number of hydrogen-bond donors (Lipinski definition) is 1. The Hall–Kier alpha value is -2.09. The third kappa shape index (κ3) is 4.96. The van der Waals surface area contributed by atoms with Gasteiger partial charge < -0.3 is 5.11 Å². The van der Waals surface area contributed by atoms with Crippen molar-refractivity contribution in [3.8, 4) is 11.1 Å². The first-order valence-corrected chi connectivity index (χ1v) is 6.36. The molecule has 0 heterocycles. The summed E-state index contributed by atoms with van der Waals surface area (Å²) in [6.07, 6.45) is 0. The van der Waals surface area contributed by atoms with Crippen LogP contribution < -0.4 is 0 Å². The van der Waals surface area contributed by atoms with Crippen molar-refractivity contribution in [1.29, 1.82) is 0 Å². The molecule has 19 heavy (non-hydrogen) atoms. The number of carboxylic acids is 1. The van der Waals surface area contributed by atoms with E-state index in [4.69, 9.17) is 9.90 Å². The van der Waals surface area contributed by atoms with E-state index in [0.29, 0.717) is 5.92 Å². The summed E-state index contributed by atoms with van der Waals surface area (Å²) < 4.78 is 0. The van der Waals surface area contributed by atoms with Crippen molar-refractivity contribution in [3.05, 3.63) is 60.2 Å². The van der Waals surface area contributed by atoms with Gasteiger partial charge in [0.05, 0.1) is 0 Å². The Labute approximate surface area is 114 Å². The van der Waals surface area contributed by atoms with Crippen molar-refractivity contribution in [2.45, 2.75) is 26.7 Å². The maximum atomic E-state index is 9.00. The third-order valence-electron chi connectivity index (χ3n) is 2.67. The highest BCUT2D eigenvalue weighted by Crippen LogP contribution is 2.28. The SMILES string of the molecule is CC(=O)O.CC(C)c1ccccc1-c1ccccc1. The van der Waals surface area contributed by atoms with E-state index in [0.717, 1.165) is 6.92 Å². The fourth-order valence-corrected chi connectivity index (χ4v) is 1.88. The number of rotatable bonds is 2. The van der Waals surface area contributed by atoms with Gasteiger partial charge in [0.25, 0.3) is 5.97 Å². The van der Waals surface area contributed by atoms with Crippen molar-refractivity contribution in [2.24, 2.45) is 0 Å². The molecule has 0 bridgehead atoms. The van der Waals surface area contributed by atoms with Crippen LogP contribution in [-0.4, -0.2) is 11.1 Å². The van der Waals surface area contributed by atoms with Crippen molar-refractivity contribution in [3.63, 3.8) is 0 Å². The van der Waals surface area contributed by atoms with Crippen molar-refractivity contribution in [1.82, 2.24) is 0 Å². The van der Waals surface area contributed by atoms with Gasteiger partial charge in [-0.3, -0.25) is 4.79 Å². The average molecular weight is 256 g/mol. The largest absolute Gasteiger partial charge is 0.481 e. The van der Waals surface area contributed by atoms with Crippen LogP contribution in [0.4, 0.5) is 0 Å². The van der Waals surface area contributed by atoms with Gasteiger partial charge in [0.2, 0.25) is 0 Å². The van der Waals surface area contributed by atoms with E-state index in [-0.39, 0.29) is 0 Å². The zero-order chi connectivity index (χ0) is 14.3. The first-order chi connectivity index (χ1) is 9.02. The molecule has 0 spiro atoms. The molecule has 0 aliphatic heterocycles. The highest BCUT2D eigenvalue weighted by Gasteiger charge is 2.06. The summed E-state index contributed by atoms with van der Waals surface area (Å²) in [4.78, 5) is 9.00. The topological polar surface area (TPSA) is 37.3 Å². The van der Waals surface area contributed by atoms with E-state index in [1.807, 2.05) is 0 Å². The lowest BCUT2D eigenvalue weighted by Crippen LogP contribution is -1.91. The monoisotopic (exact) mass is 256 g/mol. The lowest BCUT2D eigenvalue weighted by Gasteiger charge is -2.12. The molecule has 100 valence electrons. The molecular weight excluding hydrogens is 236 g/mol. The Morgan fingerprint density at radius 3 is 1.95 bits per heavy atom. The molecule has 2 rings (SSSR count). The molecule has 0 radical (unpaired) electrons. The summed E-state index contributed by atoms with van der Waals surface area (Å²) in [5, 5.41) is 7.42. The molecule has 2 aromatic rings. The van der Waals surface area contributed by atoms with Crippen molar-refractivity contribution in [2.75, 3.05) is 0 Å². The number of benzene rings is 2. The lowest BCUT2D eigenvalue weighted by atomic mass is 9.93. The Kier molecular flexibility index (Phi) is 5.80. The maximum Gasteiger partial charge on any atom is 0.300 e. The van der Waals surface area contributed by atoms with Crippen molar-refractivity contribution < 1.29 is 9.90 Å². The predicted molar refractivity (Wildman–Crippen MR) is 79.3 cm³/mol. The highest BCUT2D eigenvalue weighted by molar-refractivity contribution is 5.67. The van der Waals surface area contributed by atoms with Gasteiger partial charge in [-0.1, -0.05) is 68.4 Å². The molecule has 2 nitrogen and oxygen atoms in total. The van der Waals surface area contributed by atoms with E-state index < -0.39 is 5.97 Å². The second-order valence-corrected chi connectivity index (χ2v) is 4.63. The van der Waals surface area contributed by atoms with Crippen LogP contribution in [0.5, 0.6) is 0 Å². The fraction of sp³-hybridized carbons (Fsp3) is 0.235. The average Bonchev–Trinajstić information content (AvgIpc) is 2.39. The molecule has 1 N–H and O–H groups in total. The zero-order valence-electron chi connectivity index (χ0n) is 11.6. The van der Waals surface area contributed by atoms with Gasteiger partial charge in [-0.25, -0.2) is 0 Å². The van der Waals surface area contributed by atoms with Gasteiger partial charge in [0.15, 0.2) is 0 Å². The number of carbonyl (C=O) groups is 1. The number of carboxylic acid groups (broad SMARTS) is 1. The summed E-state index contributed by atoms with van der Waals surface area (Å²) >= 11 is 0. The fourth-order valence-electron chi connectivity index (χ4n) is 1.88. The molecule has 0 atom stereocenters. The van der Waals surface area contributed by atoms with Crippen LogP contribution in [0.2, 0.25) is 0 Å². The van der Waals surface area contributed by atoms with Crippen LogP contribution in [0.1, 0.15) is 32.3 Å². The van der Waals surface area contributed by atoms with Crippen LogP contribution in [0.25, 0.3) is 11.1 Å². The molecule has 0 fully saturated rings. The molecule has 0 amide bonds. The van der Waals surface area contributed by atoms with Gasteiger partial charge in [-0.05, 0) is 22.6 Å². The van der Waals surface area contributed by atoms with Gasteiger partial charge in [0.1, 0.15) is 0 Å². The second kappa shape index (κ2) is 7.37. The minimum Gasteiger partial charge on any atom is -0.481 e. The molecule has 0 aromatic heterocycles. The minimum absolute atomic E-state index is 0.571. The summed E-state index contributed by atoms with van der Waals surface area (Å²) in [7, 11) is 0. The molecule has 0 unspecified atom stereocenters. The number of hydrogen-bond acceptors (Lipinski definition) is 1.